The van der Waals surface area contributed by atoms with Crippen LogP contribution in [0.3, 0.4) is 0 Å². The van der Waals surface area contributed by atoms with Gasteiger partial charge in [-0.05, 0) is 63.9 Å². The number of aryl methyl sites for hydroxylation is 1. The Morgan fingerprint density at radius 2 is 1.67 bits per heavy atom. The zero-order chi connectivity index (χ0) is 16.9. The van der Waals surface area contributed by atoms with Gasteiger partial charge in [-0.2, -0.15) is 0 Å². The van der Waals surface area contributed by atoms with Crippen LogP contribution in [0.5, 0.6) is 0 Å². The topological polar surface area (TPSA) is 0 Å². The average Bonchev–Trinajstić information content (AvgIpc) is 3.04. The molecule has 2 aromatic carbocycles. The van der Waals surface area contributed by atoms with E-state index >= 15 is 0 Å². The zero-order valence-electron chi connectivity index (χ0n) is 15.5. The summed E-state index contributed by atoms with van der Waals surface area (Å²) in [7, 11) is -1.52. The minimum absolute atomic E-state index is 1.12. The van der Waals surface area contributed by atoms with E-state index in [2.05, 4.69) is 63.3 Å². The molecule has 0 N–H and O–H groups in total. The van der Waals surface area contributed by atoms with E-state index in [0.29, 0.717) is 0 Å². The lowest BCUT2D eigenvalue weighted by molar-refractivity contribution is 0.778. The van der Waals surface area contributed by atoms with Crippen molar-refractivity contribution < 1.29 is 0 Å². The van der Waals surface area contributed by atoms with E-state index in [0.717, 1.165) is 6.42 Å². The van der Waals surface area contributed by atoms with E-state index in [1.165, 1.54) is 36.8 Å². The Kier molecular flexibility index (Phi) is 3.80. The monoisotopic (exact) mass is 332 g/mol. The smallest absolute Gasteiger partial charge is 0.0655 e. The third-order valence-corrected chi connectivity index (χ3v) is 9.70. The summed E-state index contributed by atoms with van der Waals surface area (Å²) >= 11 is 0. The Hall–Kier alpha value is -1.60. The van der Waals surface area contributed by atoms with Crippen molar-refractivity contribution in [1.29, 1.82) is 0 Å². The fraction of sp³-hybridized carbons (Fsp3) is 0.391. The minimum atomic E-state index is -1.52. The van der Waals surface area contributed by atoms with E-state index in [1.807, 2.05) is 0 Å². The first-order valence-corrected chi connectivity index (χ1v) is 12.6. The first-order valence-electron chi connectivity index (χ1n) is 9.56. The molecule has 1 heteroatoms. The lowest BCUT2D eigenvalue weighted by atomic mass is 9.96. The van der Waals surface area contributed by atoms with Crippen molar-refractivity contribution in [1.82, 2.24) is 0 Å². The fourth-order valence-corrected chi connectivity index (χ4v) is 8.47. The lowest BCUT2D eigenvalue weighted by Gasteiger charge is -2.22. The van der Waals surface area contributed by atoms with Gasteiger partial charge in [0.1, 0.15) is 8.07 Å². The van der Waals surface area contributed by atoms with Gasteiger partial charge in [-0.3, -0.25) is 0 Å². The number of benzene rings is 2. The molecule has 2 bridgehead atoms. The van der Waals surface area contributed by atoms with Crippen molar-refractivity contribution >= 4 is 18.5 Å². The molecular weight excluding hydrogens is 304 g/mol. The molecule has 2 aliphatic rings. The Morgan fingerprint density at radius 3 is 2.33 bits per heavy atom. The Morgan fingerprint density at radius 1 is 0.917 bits per heavy atom. The van der Waals surface area contributed by atoms with Gasteiger partial charge in [-0.1, -0.05) is 75.3 Å². The van der Waals surface area contributed by atoms with Crippen molar-refractivity contribution in [3.8, 4) is 11.1 Å². The second-order valence-corrected chi connectivity index (χ2v) is 12.2. The number of hydrogen-bond donors (Lipinski definition) is 0. The summed E-state index contributed by atoms with van der Waals surface area (Å²) in [6.07, 6.45) is 6.26. The van der Waals surface area contributed by atoms with Crippen LogP contribution in [0, 0.1) is 0 Å². The van der Waals surface area contributed by atoms with E-state index in [9.17, 15) is 0 Å². The van der Waals surface area contributed by atoms with E-state index in [1.54, 1.807) is 32.6 Å². The zero-order valence-corrected chi connectivity index (χ0v) is 16.5. The standard InChI is InChI=1S/C23H28Si/c1-5-7-8-19-15-18-13-14-20-21(22(18)23(19)24(20,3)4)17-11-9-16(6-2)10-12-17/h9-14H,5-8,15H2,1-4H3. The van der Waals surface area contributed by atoms with Crippen LogP contribution in [-0.4, -0.2) is 8.07 Å². The van der Waals surface area contributed by atoms with Crippen LogP contribution in [0.4, 0.5) is 0 Å². The third-order valence-electron chi connectivity index (χ3n) is 6.08. The first-order chi connectivity index (χ1) is 11.6. The molecule has 0 spiro atoms. The van der Waals surface area contributed by atoms with Gasteiger partial charge in [0.25, 0.3) is 0 Å². The predicted octanol–water partition coefficient (Wildman–Crippen LogP) is 5.88. The highest BCUT2D eigenvalue weighted by Gasteiger charge is 2.45. The average molecular weight is 333 g/mol. The van der Waals surface area contributed by atoms with Crippen molar-refractivity contribution in [3.63, 3.8) is 0 Å². The normalized spacial score (nSPS) is 17.0. The van der Waals surface area contributed by atoms with Crippen LogP contribution in [-0.2, 0) is 12.8 Å². The summed E-state index contributed by atoms with van der Waals surface area (Å²) in [5.74, 6) is 0. The van der Waals surface area contributed by atoms with Gasteiger partial charge in [-0.15, -0.1) is 0 Å². The summed E-state index contributed by atoms with van der Waals surface area (Å²) in [6, 6.07) is 14.2. The highest BCUT2D eigenvalue weighted by atomic mass is 28.3. The van der Waals surface area contributed by atoms with Crippen LogP contribution < -0.4 is 5.19 Å². The van der Waals surface area contributed by atoms with Crippen LogP contribution in [0.2, 0.25) is 13.1 Å². The van der Waals surface area contributed by atoms with Gasteiger partial charge < -0.3 is 0 Å². The molecule has 0 atom stereocenters. The molecule has 0 fully saturated rings. The molecule has 2 aromatic rings. The van der Waals surface area contributed by atoms with Gasteiger partial charge in [-0.25, -0.2) is 0 Å². The van der Waals surface area contributed by atoms with Crippen molar-refractivity contribution in [3.05, 3.63) is 58.7 Å². The predicted molar refractivity (Wildman–Crippen MR) is 109 cm³/mol. The second-order valence-electron chi connectivity index (χ2n) is 7.96. The molecule has 124 valence electrons. The minimum Gasteiger partial charge on any atom is -0.0655 e. The van der Waals surface area contributed by atoms with Gasteiger partial charge in [0.15, 0.2) is 0 Å². The number of unbranched alkanes of at least 4 members (excludes halogenated alkanes) is 1. The molecule has 1 heterocycles. The number of hydrogen-bond acceptors (Lipinski definition) is 0. The second kappa shape index (κ2) is 5.74. The molecule has 0 unspecified atom stereocenters. The van der Waals surface area contributed by atoms with Crippen LogP contribution in [0.1, 0.15) is 49.8 Å². The molecule has 0 amide bonds. The molecular formula is C23H28Si. The maximum Gasteiger partial charge on any atom is 0.113 e. The molecule has 1 aliphatic heterocycles. The Balaban J connectivity index is 1.89. The molecule has 4 rings (SSSR count). The van der Waals surface area contributed by atoms with E-state index in [4.69, 9.17) is 0 Å². The van der Waals surface area contributed by atoms with E-state index < -0.39 is 8.07 Å². The molecule has 0 radical (unpaired) electrons. The Bertz CT molecular complexity index is 822. The van der Waals surface area contributed by atoms with Crippen molar-refractivity contribution in [2.24, 2.45) is 0 Å². The highest BCUT2D eigenvalue weighted by molar-refractivity contribution is 7.07. The van der Waals surface area contributed by atoms with Gasteiger partial charge in [0.05, 0.1) is 0 Å². The number of rotatable bonds is 5. The third kappa shape index (κ3) is 2.18. The van der Waals surface area contributed by atoms with Crippen LogP contribution >= 0.6 is 0 Å². The molecule has 0 saturated carbocycles. The highest BCUT2D eigenvalue weighted by Crippen LogP contribution is 2.50. The summed E-state index contributed by atoms with van der Waals surface area (Å²) in [5.41, 5.74) is 9.44. The fourth-order valence-electron chi connectivity index (χ4n) is 4.79. The molecule has 24 heavy (non-hydrogen) atoms. The maximum atomic E-state index is 2.57. The SMILES string of the molecule is CCCCC1=C2c3c(ccc(c3-c3ccc(CC)cc3)[Si]2(C)C)C1. The summed E-state index contributed by atoms with van der Waals surface area (Å²) in [4.78, 5) is 0. The molecule has 1 aliphatic carbocycles. The first kappa shape index (κ1) is 15.9. The molecule has 0 saturated heterocycles. The summed E-state index contributed by atoms with van der Waals surface area (Å²) in [5, 5.41) is 3.45. The summed E-state index contributed by atoms with van der Waals surface area (Å²) in [6.45, 7) is 9.67. The van der Waals surface area contributed by atoms with Gasteiger partial charge >= 0.3 is 0 Å². The molecule has 0 aromatic heterocycles. The van der Waals surface area contributed by atoms with Crippen LogP contribution in [0.15, 0.2) is 42.0 Å². The lowest BCUT2D eigenvalue weighted by Crippen LogP contribution is -2.39. The Labute approximate surface area is 147 Å². The van der Waals surface area contributed by atoms with E-state index in [-0.39, 0.29) is 0 Å². The van der Waals surface area contributed by atoms with Gasteiger partial charge in [0, 0.05) is 0 Å². The largest absolute Gasteiger partial charge is 0.113 e. The van der Waals surface area contributed by atoms with Crippen molar-refractivity contribution in [2.75, 3.05) is 0 Å². The quantitative estimate of drug-likeness (QED) is 0.599. The maximum absolute atomic E-state index is 2.57. The van der Waals surface area contributed by atoms with Crippen molar-refractivity contribution in [2.45, 2.75) is 59.0 Å². The van der Waals surface area contributed by atoms with Gasteiger partial charge in [0.2, 0.25) is 0 Å². The number of allylic oxidation sites excluding steroid dienone is 1. The number of fused-ring (bicyclic) bond motifs is 1. The molecule has 0 nitrogen and oxygen atoms in total. The summed E-state index contributed by atoms with van der Waals surface area (Å²) < 4.78 is 0. The van der Waals surface area contributed by atoms with Crippen LogP contribution in [0.25, 0.3) is 16.3 Å².